The number of rotatable bonds is 1. The van der Waals surface area contributed by atoms with Crippen molar-refractivity contribution in [3.8, 4) is 0 Å². The molecule has 0 spiro atoms. The second-order valence-corrected chi connectivity index (χ2v) is 1.78. The third-order valence-electron chi connectivity index (χ3n) is 0.211. The second-order valence-electron chi connectivity index (χ2n) is 0.594. The van der Waals surface area contributed by atoms with E-state index < -0.39 is 10.4 Å². The molecule has 0 saturated heterocycles. The van der Waals surface area contributed by atoms with E-state index in [9.17, 15) is 8.42 Å². The Balaban J connectivity index is -0.0000000208. The maximum absolute atomic E-state index is 9.33. The first kappa shape index (κ1) is 15.8. The van der Waals surface area contributed by atoms with E-state index in [1.165, 1.54) is 0 Å². The van der Waals surface area contributed by atoms with Gasteiger partial charge in [-0.2, -0.15) is 8.42 Å². The molecule has 5 nitrogen and oxygen atoms in total. The summed E-state index contributed by atoms with van der Waals surface area (Å²) in [6.07, 6.45) is 0. The van der Waals surface area contributed by atoms with Crippen LogP contribution in [0.25, 0.3) is 0 Å². The molecule has 50 valence electrons. The fourth-order valence-electron chi connectivity index (χ4n) is 0. The summed E-state index contributed by atoms with van der Waals surface area (Å²) in [5.41, 5.74) is 0. The molecule has 0 atom stereocenters. The number of hydrogen-bond acceptors (Lipinski definition) is 4. The van der Waals surface area contributed by atoms with Crippen LogP contribution in [0.4, 0.5) is 0 Å². The van der Waals surface area contributed by atoms with Crippen molar-refractivity contribution in [3.63, 3.8) is 0 Å². The largest absolute Gasteiger partial charge is 2.00 e. The molecular formula is CH9MgNO4S. The summed E-state index contributed by atoms with van der Waals surface area (Å²) in [7, 11) is -3.29. The zero-order valence-electron chi connectivity index (χ0n) is 6.49. The van der Waals surface area contributed by atoms with E-state index in [4.69, 9.17) is 4.55 Å². The summed E-state index contributed by atoms with van der Waals surface area (Å²) in [5.74, 6) is 0. The normalized spacial score (nSPS) is 8.75. The van der Waals surface area contributed by atoms with Crippen molar-refractivity contribution in [2.24, 2.45) is 0 Å². The van der Waals surface area contributed by atoms with Crippen LogP contribution >= 0.6 is 0 Å². The van der Waals surface area contributed by atoms with Crippen LogP contribution in [-0.2, 0) is 14.6 Å². The first-order chi connectivity index (χ1) is 2.56. The van der Waals surface area contributed by atoms with Gasteiger partial charge in [0.2, 0.25) is 0 Å². The molecule has 8 heavy (non-hydrogen) atoms. The maximum Gasteiger partial charge on any atom is 2.00 e. The third-order valence-corrected chi connectivity index (χ3v) is 0.632. The minimum atomic E-state index is -4.16. The van der Waals surface area contributed by atoms with E-state index in [-0.39, 0.29) is 32.1 Å². The Morgan fingerprint density at radius 3 is 1.75 bits per heavy atom. The predicted molar refractivity (Wildman–Crippen MR) is 31.6 cm³/mol. The third kappa shape index (κ3) is 16.0. The van der Waals surface area contributed by atoms with Crippen molar-refractivity contribution in [1.29, 1.82) is 0 Å². The van der Waals surface area contributed by atoms with Crippen LogP contribution < -0.4 is 6.15 Å². The standard InChI is InChI=1S/CH4O4S.Mg.H3N.2H/c1-5-6(2,3)4;;;;/h1H3,(H,2,3,4);;1H3;;/q;+2;;2*-1. The molecule has 0 aromatic heterocycles. The summed E-state index contributed by atoms with van der Waals surface area (Å²) in [6, 6.07) is 0. The molecule has 0 aromatic rings. The van der Waals surface area contributed by atoms with Gasteiger partial charge >= 0.3 is 33.5 Å². The van der Waals surface area contributed by atoms with Crippen LogP contribution in [0.3, 0.4) is 0 Å². The van der Waals surface area contributed by atoms with Crippen LogP contribution in [0, 0.1) is 0 Å². The van der Waals surface area contributed by atoms with Gasteiger partial charge in [-0.3, -0.25) is 8.74 Å². The van der Waals surface area contributed by atoms with Crippen LogP contribution in [-0.4, -0.2) is 43.1 Å². The molecular weight excluding hydrogens is 146 g/mol. The van der Waals surface area contributed by atoms with Gasteiger partial charge in [-0.05, 0) is 0 Å². The Labute approximate surface area is 67.1 Å². The Morgan fingerprint density at radius 2 is 1.75 bits per heavy atom. The molecule has 0 aromatic carbocycles. The first-order valence-electron chi connectivity index (χ1n) is 1.09. The minimum Gasteiger partial charge on any atom is -1.00 e. The van der Waals surface area contributed by atoms with Gasteiger partial charge in [0.15, 0.2) is 0 Å². The molecule has 4 N–H and O–H groups in total. The van der Waals surface area contributed by atoms with Crippen molar-refractivity contribution in [2.45, 2.75) is 0 Å². The van der Waals surface area contributed by atoms with Crippen molar-refractivity contribution in [3.05, 3.63) is 0 Å². The molecule has 0 radical (unpaired) electrons. The van der Waals surface area contributed by atoms with Gasteiger partial charge in [0, 0.05) is 0 Å². The predicted octanol–water partition coefficient (Wildman–Crippen LogP) is -0.558. The summed E-state index contributed by atoms with van der Waals surface area (Å²) < 4.78 is 29.7. The summed E-state index contributed by atoms with van der Waals surface area (Å²) in [6.45, 7) is 0. The number of hydrogen-bond donors (Lipinski definition) is 2. The van der Waals surface area contributed by atoms with Crippen LogP contribution in [0.1, 0.15) is 2.85 Å². The topological polar surface area (TPSA) is 98.6 Å². The molecule has 0 aliphatic carbocycles. The van der Waals surface area contributed by atoms with Gasteiger partial charge in [0.25, 0.3) is 0 Å². The molecule has 0 bridgehead atoms. The van der Waals surface area contributed by atoms with Crippen LogP contribution in [0.15, 0.2) is 0 Å². The zero-order chi connectivity index (χ0) is 5.21. The molecule has 0 fully saturated rings. The van der Waals surface area contributed by atoms with E-state index in [1.54, 1.807) is 0 Å². The molecule has 0 heterocycles. The van der Waals surface area contributed by atoms with E-state index in [0.29, 0.717) is 0 Å². The van der Waals surface area contributed by atoms with E-state index in [2.05, 4.69) is 4.18 Å². The first-order valence-corrected chi connectivity index (χ1v) is 2.46. The smallest absolute Gasteiger partial charge is 1.00 e. The van der Waals surface area contributed by atoms with Crippen molar-refractivity contribution in [1.82, 2.24) is 6.15 Å². The molecule has 7 heteroatoms. The zero-order valence-corrected chi connectivity index (χ0v) is 6.73. The summed E-state index contributed by atoms with van der Waals surface area (Å²) in [5, 5.41) is 0. The van der Waals surface area contributed by atoms with Gasteiger partial charge in [-0.15, -0.1) is 0 Å². The van der Waals surface area contributed by atoms with E-state index in [1.807, 2.05) is 0 Å². The second kappa shape index (κ2) is 5.73. The molecule has 0 unspecified atom stereocenters. The average Bonchev–Trinajstić information content (AvgIpc) is 1.35. The van der Waals surface area contributed by atoms with E-state index >= 15 is 0 Å². The minimum absolute atomic E-state index is 0. The summed E-state index contributed by atoms with van der Waals surface area (Å²) >= 11 is 0. The molecule has 0 aliphatic rings. The quantitative estimate of drug-likeness (QED) is 0.391. The van der Waals surface area contributed by atoms with Crippen LogP contribution in [0.5, 0.6) is 0 Å². The fourth-order valence-corrected chi connectivity index (χ4v) is 0. The van der Waals surface area contributed by atoms with Crippen molar-refractivity contribution < 1.29 is 20.0 Å². The Bertz CT molecular complexity index is 125. The van der Waals surface area contributed by atoms with Crippen LogP contribution in [0.2, 0.25) is 0 Å². The van der Waals surface area contributed by atoms with Crippen molar-refractivity contribution in [2.75, 3.05) is 7.11 Å². The average molecular weight is 155 g/mol. The Kier molecular flexibility index (Phi) is 11.3. The monoisotopic (exact) mass is 155 g/mol. The van der Waals surface area contributed by atoms with Gasteiger partial charge in [-0.25, -0.2) is 0 Å². The van der Waals surface area contributed by atoms with Gasteiger partial charge in [-0.1, -0.05) is 0 Å². The van der Waals surface area contributed by atoms with Gasteiger partial charge in [0.05, 0.1) is 7.11 Å². The van der Waals surface area contributed by atoms with Gasteiger partial charge in [0.1, 0.15) is 0 Å². The van der Waals surface area contributed by atoms with E-state index in [0.717, 1.165) is 7.11 Å². The Morgan fingerprint density at radius 1 is 1.62 bits per heavy atom. The van der Waals surface area contributed by atoms with Gasteiger partial charge < -0.3 is 9.00 Å². The Hall–Kier alpha value is 0.596. The fraction of sp³-hybridized carbons (Fsp3) is 1.00. The maximum atomic E-state index is 9.33. The van der Waals surface area contributed by atoms with Crippen molar-refractivity contribution >= 4 is 33.5 Å². The summed E-state index contributed by atoms with van der Waals surface area (Å²) in [4.78, 5) is 0. The molecule has 0 aliphatic heterocycles. The molecule has 0 rings (SSSR count). The molecule has 0 amide bonds. The molecule has 0 saturated carbocycles. The SMILES string of the molecule is COS(=O)(=O)O.N.[H-].[H-].[Mg+2].